The molecule has 0 aromatic carbocycles. The van der Waals surface area contributed by atoms with Crippen LogP contribution in [-0.2, 0) is 19.1 Å². The van der Waals surface area contributed by atoms with Crippen LogP contribution in [0.4, 0.5) is 0 Å². The molecule has 1 aliphatic heterocycles. The number of rotatable bonds is 9. The Morgan fingerprint density at radius 1 is 1.31 bits per heavy atom. The van der Waals surface area contributed by atoms with Crippen molar-refractivity contribution in [2.24, 2.45) is 17.1 Å². The summed E-state index contributed by atoms with van der Waals surface area (Å²) in [4.78, 5) is 48.8. The van der Waals surface area contributed by atoms with Crippen LogP contribution in [0.5, 0.6) is 0 Å². The zero-order valence-corrected chi connectivity index (χ0v) is 17.2. The van der Waals surface area contributed by atoms with E-state index >= 15 is 0 Å². The molecule has 9 heteroatoms. The van der Waals surface area contributed by atoms with E-state index in [0.29, 0.717) is 6.42 Å². The van der Waals surface area contributed by atoms with E-state index in [0.717, 1.165) is 0 Å². The van der Waals surface area contributed by atoms with Crippen LogP contribution in [0.3, 0.4) is 0 Å². The first kappa shape index (κ1) is 22.6. The number of carbonyl (C=O) groups is 4. The minimum atomic E-state index is -0.981. The lowest BCUT2D eigenvalue weighted by molar-refractivity contribution is -0.128. The van der Waals surface area contributed by atoms with Gasteiger partial charge in [0, 0.05) is 0 Å². The number of furan rings is 1. The Balaban J connectivity index is 2.17. The molecule has 0 bridgehead atoms. The maximum Gasteiger partial charge on any atom is 0.255 e. The summed E-state index contributed by atoms with van der Waals surface area (Å²) >= 11 is 0. The van der Waals surface area contributed by atoms with Crippen molar-refractivity contribution >= 4 is 23.5 Å². The molecule has 1 aromatic heterocycles. The molecule has 9 nitrogen and oxygen atoms in total. The molecule has 0 spiro atoms. The molecule has 3 amide bonds. The van der Waals surface area contributed by atoms with Gasteiger partial charge >= 0.3 is 0 Å². The molecule has 29 heavy (non-hydrogen) atoms. The maximum atomic E-state index is 13.0. The minimum Gasteiger partial charge on any atom is -0.472 e. The average molecular weight is 407 g/mol. The number of nitrogens with one attached hydrogen (secondary N) is 2. The molecular formula is C20H29N3O6. The SMILES string of the molecule is CC(C)C(C)(C)C[C@H](NC(=O)c1ccoc1)C(=O)NC1C(=O)COC1CC(N)=O. The number of Topliss-reactive ketones (excluding diaryl/α,β-unsaturated/α-hetero) is 1. The highest BCUT2D eigenvalue weighted by atomic mass is 16.5. The fourth-order valence-electron chi connectivity index (χ4n) is 2.99. The van der Waals surface area contributed by atoms with Gasteiger partial charge in [-0.2, -0.15) is 0 Å². The lowest BCUT2D eigenvalue weighted by atomic mass is 9.76. The van der Waals surface area contributed by atoms with Crippen molar-refractivity contribution in [1.29, 1.82) is 0 Å². The molecular weight excluding hydrogens is 378 g/mol. The van der Waals surface area contributed by atoms with E-state index in [1.165, 1.54) is 18.6 Å². The van der Waals surface area contributed by atoms with Gasteiger partial charge in [-0.05, 0) is 23.8 Å². The van der Waals surface area contributed by atoms with Gasteiger partial charge in [0.25, 0.3) is 5.91 Å². The Bertz CT molecular complexity index is 756. The predicted molar refractivity (Wildman–Crippen MR) is 104 cm³/mol. The van der Waals surface area contributed by atoms with E-state index in [9.17, 15) is 19.2 Å². The molecule has 2 unspecified atom stereocenters. The van der Waals surface area contributed by atoms with Crippen molar-refractivity contribution in [3.63, 3.8) is 0 Å². The van der Waals surface area contributed by atoms with Crippen LogP contribution >= 0.6 is 0 Å². The van der Waals surface area contributed by atoms with Gasteiger partial charge in [-0.1, -0.05) is 27.7 Å². The molecule has 0 radical (unpaired) electrons. The van der Waals surface area contributed by atoms with E-state index < -0.39 is 35.9 Å². The van der Waals surface area contributed by atoms with Crippen molar-refractivity contribution in [2.45, 2.75) is 58.7 Å². The normalized spacial score (nSPS) is 20.5. The Kier molecular flexibility index (Phi) is 7.18. The molecule has 2 rings (SSSR count). The number of primary amides is 1. The molecule has 4 N–H and O–H groups in total. The van der Waals surface area contributed by atoms with Gasteiger partial charge in [0.2, 0.25) is 11.8 Å². The third kappa shape index (κ3) is 5.90. The quantitative estimate of drug-likeness (QED) is 0.552. The third-order valence-corrected chi connectivity index (χ3v) is 5.56. The van der Waals surface area contributed by atoms with Crippen LogP contribution in [0.15, 0.2) is 23.0 Å². The van der Waals surface area contributed by atoms with Gasteiger partial charge in [0.05, 0.1) is 24.4 Å². The second-order valence-corrected chi connectivity index (χ2v) is 8.36. The topological polar surface area (TPSA) is 141 Å². The second-order valence-electron chi connectivity index (χ2n) is 8.36. The van der Waals surface area contributed by atoms with Gasteiger partial charge in [0.15, 0.2) is 5.78 Å². The van der Waals surface area contributed by atoms with Gasteiger partial charge in [-0.3, -0.25) is 19.2 Å². The summed E-state index contributed by atoms with van der Waals surface area (Å²) < 4.78 is 10.2. The van der Waals surface area contributed by atoms with Crippen LogP contribution in [0.1, 0.15) is 50.9 Å². The predicted octanol–water partition coefficient (Wildman–Crippen LogP) is 0.778. The molecule has 3 atom stereocenters. The Morgan fingerprint density at radius 2 is 2.00 bits per heavy atom. The number of hydrogen-bond acceptors (Lipinski definition) is 6. The first-order valence-corrected chi connectivity index (χ1v) is 9.57. The van der Waals surface area contributed by atoms with E-state index in [4.69, 9.17) is 14.9 Å². The molecule has 160 valence electrons. The summed E-state index contributed by atoms with van der Waals surface area (Å²) in [5, 5.41) is 5.36. The van der Waals surface area contributed by atoms with Gasteiger partial charge < -0.3 is 25.5 Å². The first-order valence-electron chi connectivity index (χ1n) is 9.57. The van der Waals surface area contributed by atoms with Gasteiger partial charge in [0.1, 0.15) is 25.0 Å². The van der Waals surface area contributed by atoms with E-state index in [1.807, 2.05) is 27.7 Å². The summed E-state index contributed by atoms with van der Waals surface area (Å²) in [6.45, 7) is 7.87. The van der Waals surface area contributed by atoms with E-state index in [-0.39, 0.29) is 35.7 Å². The summed E-state index contributed by atoms with van der Waals surface area (Å²) in [6.07, 6.45) is 2.01. The van der Waals surface area contributed by atoms with Crippen molar-refractivity contribution < 1.29 is 28.3 Å². The summed E-state index contributed by atoms with van der Waals surface area (Å²) in [6, 6.07) is -0.377. The van der Waals surface area contributed by atoms with Crippen molar-refractivity contribution in [2.75, 3.05) is 6.61 Å². The fourth-order valence-corrected chi connectivity index (χ4v) is 2.99. The van der Waals surface area contributed by atoms with Crippen LogP contribution in [0.2, 0.25) is 0 Å². The zero-order valence-electron chi connectivity index (χ0n) is 17.2. The molecule has 0 aliphatic carbocycles. The summed E-state index contributed by atoms with van der Waals surface area (Å²) in [5.74, 6) is -1.71. The number of carbonyl (C=O) groups excluding carboxylic acids is 4. The smallest absolute Gasteiger partial charge is 0.255 e. The Morgan fingerprint density at radius 3 is 2.55 bits per heavy atom. The van der Waals surface area contributed by atoms with E-state index in [1.54, 1.807) is 0 Å². The van der Waals surface area contributed by atoms with Crippen molar-refractivity contribution in [3.8, 4) is 0 Å². The highest BCUT2D eigenvalue weighted by Crippen LogP contribution is 2.31. The summed E-state index contributed by atoms with van der Waals surface area (Å²) in [7, 11) is 0. The third-order valence-electron chi connectivity index (χ3n) is 5.56. The van der Waals surface area contributed by atoms with Crippen molar-refractivity contribution in [3.05, 3.63) is 24.2 Å². The van der Waals surface area contributed by atoms with Crippen LogP contribution in [0, 0.1) is 11.3 Å². The number of ketones is 1. The highest BCUT2D eigenvalue weighted by molar-refractivity contribution is 5.99. The minimum absolute atomic E-state index is 0.180. The maximum absolute atomic E-state index is 13.0. The van der Waals surface area contributed by atoms with Gasteiger partial charge in [-0.25, -0.2) is 0 Å². The highest BCUT2D eigenvalue weighted by Gasteiger charge is 2.40. The first-order chi connectivity index (χ1) is 13.5. The molecule has 1 fully saturated rings. The Labute approximate surface area is 169 Å². The number of nitrogens with two attached hydrogens (primary N) is 1. The molecule has 2 heterocycles. The molecule has 1 saturated heterocycles. The van der Waals surface area contributed by atoms with Crippen LogP contribution < -0.4 is 16.4 Å². The molecule has 1 aliphatic rings. The van der Waals surface area contributed by atoms with Crippen LogP contribution in [-0.4, -0.2) is 48.3 Å². The van der Waals surface area contributed by atoms with Gasteiger partial charge in [-0.15, -0.1) is 0 Å². The average Bonchev–Trinajstić information content (AvgIpc) is 3.26. The molecule has 0 saturated carbocycles. The Hall–Kier alpha value is -2.68. The monoisotopic (exact) mass is 407 g/mol. The second kappa shape index (κ2) is 9.21. The largest absolute Gasteiger partial charge is 0.472 e. The lowest BCUT2D eigenvalue weighted by Gasteiger charge is -2.33. The lowest BCUT2D eigenvalue weighted by Crippen LogP contribution is -2.55. The molecule has 1 aromatic rings. The number of ether oxygens (including phenoxy) is 1. The summed E-state index contributed by atoms with van der Waals surface area (Å²) in [5.41, 5.74) is 5.22. The van der Waals surface area contributed by atoms with Crippen molar-refractivity contribution in [1.82, 2.24) is 10.6 Å². The standard InChI is InChI=1S/C20H29N3O6/c1-11(2)20(3,4)8-13(22-18(26)12-5-6-28-9-12)19(27)23-17-14(24)10-29-15(17)7-16(21)25/h5-6,9,11,13,15,17H,7-8,10H2,1-4H3,(H2,21,25)(H,22,26)(H,23,27)/t13-,15?,17?/m0/s1. The van der Waals surface area contributed by atoms with E-state index in [2.05, 4.69) is 10.6 Å². The zero-order chi connectivity index (χ0) is 21.8. The number of amides is 3. The van der Waals surface area contributed by atoms with Crippen LogP contribution in [0.25, 0.3) is 0 Å². The fraction of sp³-hybridized carbons (Fsp3) is 0.600. The number of hydrogen-bond donors (Lipinski definition) is 3.